The zero-order valence-corrected chi connectivity index (χ0v) is 20.1. The molecule has 0 unspecified atom stereocenters. The van der Waals surface area contributed by atoms with Gasteiger partial charge in [-0.15, -0.1) is 31.7 Å². The second kappa shape index (κ2) is 10.7. The number of benzene rings is 1. The number of carbonyl (C=O) groups excluding carboxylic acids is 1. The lowest BCUT2D eigenvalue weighted by molar-refractivity contribution is -0.113. The van der Waals surface area contributed by atoms with Crippen LogP contribution in [0.15, 0.2) is 40.9 Å². The van der Waals surface area contributed by atoms with Gasteiger partial charge in [0.05, 0.1) is 18.0 Å². The number of hydrogen-bond acceptors (Lipinski definition) is 10. The van der Waals surface area contributed by atoms with Crippen molar-refractivity contribution in [2.75, 3.05) is 16.4 Å². The van der Waals surface area contributed by atoms with Gasteiger partial charge in [0.25, 0.3) is 0 Å². The lowest BCUT2D eigenvalue weighted by atomic mass is 10.2. The van der Waals surface area contributed by atoms with Crippen LogP contribution in [0.2, 0.25) is 0 Å². The number of thioether (sulfide) groups is 1. The van der Waals surface area contributed by atoms with Crippen LogP contribution >= 0.6 is 34.4 Å². The molecule has 4 aromatic rings. The normalized spacial score (nSPS) is 10.9. The maximum absolute atomic E-state index is 12.3. The fourth-order valence-electron chi connectivity index (χ4n) is 2.86. The van der Waals surface area contributed by atoms with Crippen LogP contribution in [-0.4, -0.2) is 41.6 Å². The molecule has 4 rings (SSSR count). The maximum atomic E-state index is 12.3. The molecule has 166 valence electrons. The fraction of sp³-hybridized carbons (Fsp3) is 0.300. The summed E-state index contributed by atoms with van der Waals surface area (Å²) in [6.07, 6.45) is 0.799. The van der Waals surface area contributed by atoms with Gasteiger partial charge in [-0.1, -0.05) is 60.4 Å². The van der Waals surface area contributed by atoms with Crippen LogP contribution in [0, 0.1) is 0 Å². The zero-order chi connectivity index (χ0) is 22.3. The summed E-state index contributed by atoms with van der Waals surface area (Å²) in [6.45, 7) is 5.24. The van der Waals surface area contributed by atoms with E-state index < -0.39 is 0 Å². The number of aryl methyl sites for hydroxylation is 1. The van der Waals surface area contributed by atoms with Crippen molar-refractivity contribution in [3.8, 4) is 11.3 Å². The van der Waals surface area contributed by atoms with Crippen LogP contribution < -0.4 is 10.6 Å². The Kier molecular flexibility index (Phi) is 7.45. The minimum atomic E-state index is -0.143. The molecule has 0 spiro atoms. The summed E-state index contributed by atoms with van der Waals surface area (Å²) in [5.41, 5.74) is 2.03. The molecule has 0 atom stereocenters. The quantitative estimate of drug-likeness (QED) is 0.321. The van der Waals surface area contributed by atoms with Gasteiger partial charge in [0.2, 0.25) is 11.0 Å². The second-order valence-electron chi connectivity index (χ2n) is 6.59. The molecule has 0 aliphatic heterocycles. The number of nitrogens with zero attached hydrogens (tertiary/aromatic N) is 6. The van der Waals surface area contributed by atoms with Crippen molar-refractivity contribution < 1.29 is 4.79 Å². The molecule has 0 aliphatic rings. The molecule has 12 heteroatoms. The number of nitrogens with one attached hydrogen (secondary N) is 2. The molecule has 0 saturated heterocycles. The largest absolute Gasteiger partial charge is 0.354 e. The fourth-order valence-corrected chi connectivity index (χ4v) is 5.09. The van der Waals surface area contributed by atoms with E-state index in [0.717, 1.165) is 33.6 Å². The van der Waals surface area contributed by atoms with Crippen molar-refractivity contribution in [2.45, 2.75) is 38.5 Å². The SMILES string of the molecule is CCc1nnc(NC(=O)CSc2nnc(CNc3nc(-c4ccccc4)cs3)n2CC)s1. The standard InChI is InChI=1S/C20H22N8OS3/c1-3-17-25-26-19(32-17)23-16(29)12-31-20-27-24-15(28(20)4-2)10-21-18-22-14(11-30-18)13-8-6-5-7-9-13/h5-9,11H,3-4,10,12H2,1-2H3,(H,21,22)(H,23,26,29). The molecule has 0 aliphatic carbocycles. The van der Waals surface area contributed by atoms with E-state index in [9.17, 15) is 4.79 Å². The Morgan fingerprint density at radius 2 is 1.94 bits per heavy atom. The van der Waals surface area contributed by atoms with Gasteiger partial charge in [-0.05, 0) is 13.3 Å². The lowest BCUT2D eigenvalue weighted by Gasteiger charge is -2.07. The summed E-state index contributed by atoms with van der Waals surface area (Å²) in [4.78, 5) is 16.9. The minimum Gasteiger partial charge on any atom is -0.354 e. The minimum absolute atomic E-state index is 0.143. The van der Waals surface area contributed by atoms with Gasteiger partial charge < -0.3 is 9.88 Å². The monoisotopic (exact) mass is 486 g/mol. The molecule has 0 saturated carbocycles. The van der Waals surface area contributed by atoms with Gasteiger partial charge in [-0.2, -0.15) is 0 Å². The zero-order valence-electron chi connectivity index (χ0n) is 17.6. The van der Waals surface area contributed by atoms with Crippen LogP contribution in [0.25, 0.3) is 11.3 Å². The summed E-state index contributed by atoms with van der Waals surface area (Å²) in [6, 6.07) is 10.1. The molecule has 1 aromatic carbocycles. The number of rotatable bonds is 10. The Hall–Kier alpha value is -2.83. The van der Waals surface area contributed by atoms with Crippen molar-refractivity contribution >= 4 is 50.6 Å². The van der Waals surface area contributed by atoms with Crippen LogP contribution in [0.5, 0.6) is 0 Å². The molecule has 3 aromatic heterocycles. The van der Waals surface area contributed by atoms with E-state index in [-0.39, 0.29) is 11.7 Å². The van der Waals surface area contributed by atoms with E-state index in [4.69, 9.17) is 0 Å². The summed E-state index contributed by atoms with van der Waals surface area (Å²) in [7, 11) is 0. The highest BCUT2D eigenvalue weighted by Gasteiger charge is 2.15. The number of hydrogen-bond donors (Lipinski definition) is 2. The van der Waals surface area contributed by atoms with E-state index in [1.165, 1.54) is 23.1 Å². The van der Waals surface area contributed by atoms with E-state index in [0.29, 0.717) is 23.4 Å². The van der Waals surface area contributed by atoms with E-state index in [1.54, 1.807) is 11.3 Å². The third kappa shape index (κ3) is 5.50. The third-order valence-corrected chi connectivity index (χ3v) is 7.18. The first-order chi connectivity index (χ1) is 15.7. The van der Waals surface area contributed by atoms with E-state index in [2.05, 4.69) is 36.0 Å². The molecule has 0 fully saturated rings. The predicted molar refractivity (Wildman–Crippen MR) is 129 cm³/mol. The highest BCUT2D eigenvalue weighted by Crippen LogP contribution is 2.25. The Morgan fingerprint density at radius 1 is 1.09 bits per heavy atom. The van der Waals surface area contributed by atoms with Crippen molar-refractivity contribution in [1.29, 1.82) is 0 Å². The van der Waals surface area contributed by atoms with Crippen LogP contribution in [0.3, 0.4) is 0 Å². The Bertz CT molecular complexity index is 1170. The predicted octanol–water partition coefficient (Wildman–Crippen LogP) is 4.18. The third-order valence-electron chi connectivity index (χ3n) is 4.43. The Morgan fingerprint density at radius 3 is 2.69 bits per heavy atom. The number of anilines is 2. The first-order valence-electron chi connectivity index (χ1n) is 10.1. The molecule has 9 nitrogen and oxygen atoms in total. The molecule has 32 heavy (non-hydrogen) atoms. The van der Waals surface area contributed by atoms with Gasteiger partial charge in [0.15, 0.2) is 16.1 Å². The molecular weight excluding hydrogens is 464 g/mol. The number of amides is 1. The Labute approximate surface area is 197 Å². The van der Waals surface area contributed by atoms with E-state index in [1.807, 2.05) is 54.1 Å². The smallest absolute Gasteiger partial charge is 0.236 e. The summed E-state index contributed by atoms with van der Waals surface area (Å²) >= 11 is 4.29. The van der Waals surface area contributed by atoms with Gasteiger partial charge in [-0.25, -0.2) is 4.98 Å². The first kappa shape index (κ1) is 22.4. The van der Waals surface area contributed by atoms with E-state index >= 15 is 0 Å². The maximum Gasteiger partial charge on any atom is 0.236 e. The van der Waals surface area contributed by atoms with Crippen molar-refractivity contribution in [2.24, 2.45) is 0 Å². The average molecular weight is 487 g/mol. The highest BCUT2D eigenvalue weighted by atomic mass is 32.2. The topological polar surface area (TPSA) is 111 Å². The molecule has 2 N–H and O–H groups in total. The van der Waals surface area contributed by atoms with Crippen molar-refractivity contribution in [1.82, 2.24) is 29.9 Å². The van der Waals surface area contributed by atoms with Gasteiger partial charge in [0, 0.05) is 17.5 Å². The summed E-state index contributed by atoms with van der Waals surface area (Å²) in [5, 5.41) is 27.6. The molecular formula is C20H22N8OS3. The van der Waals surface area contributed by atoms with Crippen LogP contribution in [-0.2, 0) is 24.3 Å². The molecule has 3 heterocycles. The van der Waals surface area contributed by atoms with Crippen LogP contribution in [0.1, 0.15) is 24.7 Å². The molecule has 0 radical (unpaired) electrons. The number of aromatic nitrogens is 6. The number of thiazole rings is 1. The van der Waals surface area contributed by atoms with Gasteiger partial charge >= 0.3 is 0 Å². The second-order valence-corrected chi connectivity index (χ2v) is 9.45. The van der Waals surface area contributed by atoms with Gasteiger partial charge in [0.1, 0.15) is 5.01 Å². The summed E-state index contributed by atoms with van der Waals surface area (Å²) < 4.78 is 2.00. The van der Waals surface area contributed by atoms with Crippen LogP contribution in [0.4, 0.5) is 10.3 Å². The van der Waals surface area contributed by atoms with Gasteiger partial charge in [-0.3, -0.25) is 10.1 Å². The lowest BCUT2D eigenvalue weighted by Crippen LogP contribution is -2.15. The summed E-state index contributed by atoms with van der Waals surface area (Å²) in [5.74, 6) is 0.874. The molecule has 0 bridgehead atoms. The first-order valence-corrected chi connectivity index (χ1v) is 12.8. The average Bonchev–Trinajstić information content (AvgIpc) is 3.56. The van der Waals surface area contributed by atoms with Crippen molar-refractivity contribution in [3.63, 3.8) is 0 Å². The highest BCUT2D eigenvalue weighted by molar-refractivity contribution is 7.99. The molecule has 1 amide bonds. The Balaban J connectivity index is 1.32. The number of carbonyl (C=O) groups is 1. The van der Waals surface area contributed by atoms with Crippen molar-refractivity contribution in [3.05, 3.63) is 46.5 Å².